The van der Waals surface area contributed by atoms with E-state index < -0.39 is 28.9 Å². The Morgan fingerprint density at radius 2 is 1.88 bits per heavy atom. The van der Waals surface area contributed by atoms with Crippen LogP contribution in [0.2, 0.25) is 0 Å². The first-order chi connectivity index (χ1) is 15.3. The van der Waals surface area contributed by atoms with Gasteiger partial charge in [0.05, 0.1) is 41.2 Å². The Morgan fingerprint density at radius 1 is 1.09 bits per heavy atom. The number of nitrogens with zero attached hydrogens (tertiary/aromatic N) is 4. The van der Waals surface area contributed by atoms with Crippen LogP contribution in [0.1, 0.15) is 5.56 Å². The topological polar surface area (TPSA) is 66.9 Å². The number of halogens is 5. The molecule has 0 aliphatic carbocycles. The van der Waals surface area contributed by atoms with Crippen LogP contribution in [0.5, 0.6) is 5.75 Å². The van der Waals surface area contributed by atoms with E-state index in [4.69, 9.17) is 4.74 Å². The average Bonchev–Trinajstić information content (AvgIpc) is 3.18. The molecule has 4 aromatic rings. The van der Waals surface area contributed by atoms with E-state index in [1.807, 2.05) is 4.31 Å². The average molecular weight is 465 g/mol. The molecule has 0 fully saturated rings. The molecule has 32 heavy (non-hydrogen) atoms. The zero-order valence-corrected chi connectivity index (χ0v) is 16.8. The van der Waals surface area contributed by atoms with Gasteiger partial charge in [-0.1, -0.05) is 0 Å². The summed E-state index contributed by atoms with van der Waals surface area (Å²) in [5.74, 6) is -1.62. The van der Waals surface area contributed by atoms with Crippen LogP contribution >= 0.6 is 11.9 Å². The van der Waals surface area contributed by atoms with Crippen LogP contribution in [0, 0.1) is 11.6 Å². The highest BCUT2D eigenvalue weighted by atomic mass is 32.2. The first-order valence-corrected chi connectivity index (χ1v) is 10.0. The SMILES string of the molecule is Fc1cnc(-c2c(C(F)(F)F)cc(F)c3[nH]c(SN4CCOc5ccncc54)cc23)nc1. The molecule has 1 aliphatic rings. The number of fused-ring (bicyclic) bond motifs is 2. The van der Waals surface area contributed by atoms with Gasteiger partial charge in [0, 0.05) is 35.2 Å². The van der Waals surface area contributed by atoms with Crippen molar-refractivity contribution in [1.82, 2.24) is 19.9 Å². The minimum absolute atomic E-state index is 0.0638. The standard InChI is InChI=1S/C20H12F5N5OS/c21-10-7-27-19(28-8-10)17-11-5-16(29-18(11)13(22)6-12(17)20(23,24)25)32-30-3-4-31-15-1-2-26-9-14(15)30/h1-2,5-9,29H,3-4H2. The second kappa shape index (κ2) is 7.62. The Labute approximate surface area is 181 Å². The zero-order chi connectivity index (χ0) is 22.5. The number of ether oxygens (including phenoxy) is 1. The third-order valence-electron chi connectivity index (χ3n) is 4.78. The fourth-order valence-electron chi connectivity index (χ4n) is 3.44. The van der Waals surface area contributed by atoms with Gasteiger partial charge in [-0.15, -0.1) is 0 Å². The molecular weight excluding hydrogens is 453 g/mol. The van der Waals surface area contributed by atoms with E-state index >= 15 is 0 Å². The van der Waals surface area contributed by atoms with Gasteiger partial charge in [-0.05, 0) is 12.1 Å². The largest absolute Gasteiger partial charge is 0.489 e. The van der Waals surface area contributed by atoms with Crippen molar-refractivity contribution in [2.24, 2.45) is 0 Å². The van der Waals surface area contributed by atoms with Gasteiger partial charge < -0.3 is 14.0 Å². The van der Waals surface area contributed by atoms with Crippen LogP contribution in [-0.2, 0) is 6.18 Å². The van der Waals surface area contributed by atoms with E-state index in [9.17, 15) is 22.0 Å². The van der Waals surface area contributed by atoms with Crippen molar-refractivity contribution < 1.29 is 26.7 Å². The molecule has 0 radical (unpaired) electrons. The second-order valence-corrected chi connectivity index (χ2v) is 7.87. The molecule has 0 saturated heterocycles. The van der Waals surface area contributed by atoms with E-state index in [1.165, 1.54) is 18.0 Å². The van der Waals surface area contributed by atoms with Crippen LogP contribution < -0.4 is 9.04 Å². The molecule has 0 saturated carbocycles. The fourth-order valence-corrected chi connectivity index (χ4v) is 4.40. The molecule has 5 rings (SSSR count). The molecule has 0 spiro atoms. The summed E-state index contributed by atoms with van der Waals surface area (Å²) in [5.41, 5.74) is -1.13. The van der Waals surface area contributed by atoms with Gasteiger partial charge in [0.1, 0.15) is 23.9 Å². The van der Waals surface area contributed by atoms with Gasteiger partial charge in [-0.25, -0.2) is 18.7 Å². The molecule has 0 amide bonds. The summed E-state index contributed by atoms with van der Waals surface area (Å²) in [4.78, 5) is 14.3. The third-order valence-corrected chi connectivity index (χ3v) is 5.80. The predicted molar refractivity (Wildman–Crippen MR) is 107 cm³/mol. The summed E-state index contributed by atoms with van der Waals surface area (Å²) in [6.07, 6.45) is -0.167. The lowest BCUT2D eigenvalue weighted by Crippen LogP contribution is -2.26. The molecule has 1 aromatic carbocycles. The quantitative estimate of drug-likeness (QED) is 0.331. The Bertz CT molecular complexity index is 1310. The van der Waals surface area contributed by atoms with Gasteiger partial charge in [-0.2, -0.15) is 13.2 Å². The molecule has 12 heteroatoms. The monoisotopic (exact) mass is 465 g/mol. The van der Waals surface area contributed by atoms with Gasteiger partial charge >= 0.3 is 6.18 Å². The number of alkyl halides is 3. The van der Waals surface area contributed by atoms with Crippen LogP contribution in [0.15, 0.2) is 48.0 Å². The summed E-state index contributed by atoms with van der Waals surface area (Å²) in [6, 6.07) is 3.49. The summed E-state index contributed by atoms with van der Waals surface area (Å²) in [5, 5.41) is 0.324. The minimum atomic E-state index is -4.87. The minimum Gasteiger partial charge on any atom is -0.489 e. The molecular formula is C20H12F5N5OS. The number of aromatic nitrogens is 4. The van der Waals surface area contributed by atoms with Crippen LogP contribution in [0.25, 0.3) is 22.3 Å². The smallest absolute Gasteiger partial charge is 0.417 e. The van der Waals surface area contributed by atoms with Gasteiger partial charge in [0.2, 0.25) is 0 Å². The molecule has 1 aliphatic heterocycles. The molecule has 0 unspecified atom stereocenters. The van der Waals surface area contributed by atoms with Crippen molar-refractivity contribution in [2.75, 3.05) is 17.5 Å². The van der Waals surface area contributed by atoms with E-state index in [0.717, 1.165) is 12.4 Å². The Balaban J connectivity index is 1.64. The Kier molecular flexibility index (Phi) is 4.88. The normalized spacial score (nSPS) is 13.8. The van der Waals surface area contributed by atoms with Crippen molar-refractivity contribution in [1.29, 1.82) is 0 Å². The first-order valence-electron chi connectivity index (χ1n) is 9.24. The third kappa shape index (κ3) is 3.60. The molecule has 0 atom stereocenters. The number of pyridine rings is 1. The number of hydrogen-bond donors (Lipinski definition) is 1. The van der Waals surface area contributed by atoms with E-state index in [-0.39, 0.29) is 16.7 Å². The summed E-state index contributed by atoms with van der Waals surface area (Å²) < 4.78 is 76.5. The van der Waals surface area contributed by atoms with Crippen molar-refractivity contribution in [3.05, 3.63) is 60.2 Å². The molecule has 6 nitrogen and oxygen atoms in total. The first kappa shape index (κ1) is 20.5. The lowest BCUT2D eigenvalue weighted by atomic mass is 10.0. The maximum Gasteiger partial charge on any atom is 0.417 e. The van der Waals surface area contributed by atoms with Gasteiger partial charge in [0.25, 0.3) is 0 Å². The maximum atomic E-state index is 14.7. The highest BCUT2D eigenvalue weighted by Crippen LogP contribution is 2.43. The lowest BCUT2D eigenvalue weighted by molar-refractivity contribution is -0.137. The van der Waals surface area contributed by atoms with E-state index in [2.05, 4.69) is 19.9 Å². The number of anilines is 1. The number of nitrogens with one attached hydrogen (secondary N) is 1. The fraction of sp³-hybridized carbons (Fsp3) is 0.150. The van der Waals surface area contributed by atoms with Crippen molar-refractivity contribution in [3.63, 3.8) is 0 Å². The molecule has 4 heterocycles. The van der Waals surface area contributed by atoms with Crippen LogP contribution in [0.4, 0.5) is 27.6 Å². The molecule has 1 N–H and O–H groups in total. The lowest BCUT2D eigenvalue weighted by Gasteiger charge is -2.28. The van der Waals surface area contributed by atoms with Crippen molar-refractivity contribution >= 4 is 28.5 Å². The Hall–Kier alpha value is -3.41. The van der Waals surface area contributed by atoms with Gasteiger partial charge in [0.15, 0.2) is 11.6 Å². The number of H-pyrrole nitrogens is 1. The Morgan fingerprint density at radius 3 is 2.62 bits per heavy atom. The summed E-state index contributed by atoms with van der Waals surface area (Å²) in [7, 11) is 0. The number of hydrogen-bond acceptors (Lipinski definition) is 6. The van der Waals surface area contributed by atoms with Crippen LogP contribution in [0.3, 0.4) is 0 Å². The van der Waals surface area contributed by atoms with E-state index in [0.29, 0.717) is 35.7 Å². The van der Waals surface area contributed by atoms with Crippen LogP contribution in [-0.4, -0.2) is 33.1 Å². The summed E-state index contributed by atoms with van der Waals surface area (Å²) >= 11 is 1.17. The molecule has 164 valence electrons. The van der Waals surface area contributed by atoms with Crippen molar-refractivity contribution in [3.8, 4) is 17.1 Å². The zero-order valence-electron chi connectivity index (χ0n) is 16.0. The molecule has 3 aromatic heterocycles. The number of aromatic amines is 1. The summed E-state index contributed by atoms with van der Waals surface area (Å²) in [6.45, 7) is 0.869. The van der Waals surface area contributed by atoms with Gasteiger partial charge in [-0.3, -0.25) is 4.98 Å². The second-order valence-electron chi connectivity index (χ2n) is 6.81. The highest BCUT2D eigenvalue weighted by Gasteiger charge is 2.37. The van der Waals surface area contributed by atoms with E-state index in [1.54, 1.807) is 18.5 Å². The maximum absolute atomic E-state index is 14.7. The molecule has 0 bridgehead atoms. The highest BCUT2D eigenvalue weighted by molar-refractivity contribution is 8.00. The van der Waals surface area contributed by atoms with Crippen molar-refractivity contribution in [2.45, 2.75) is 11.2 Å². The number of rotatable bonds is 3. The predicted octanol–water partition coefficient (Wildman–Crippen LogP) is 5.22. The number of benzene rings is 1.